The van der Waals surface area contributed by atoms with Gasteiger partial charge in [-0.1, -0.05) is 0 Å². The molecule has 1 aromatic rings. The average molecular weight is 418 g/mol. The smallest absolute Gasteiger partial charge is 0.317 e. The van der Waals surface area contributed by atoms with E-state index in [1.54, 1.807) is 19.1 Å². The minimum Gasteiger partial charge on any atom is -0.497 e. The van der Waals surface area contributed by atoms with Crippen LogP contribution in [0.1, 0.15) is 51.5 Å². The Balaban J connectivity index is 1.92. The summed E-state index contributed by atoms with van der Waals surface area (Å²) >= 11 is 0. The molecule has 166 valence electrons. The zero-order valence-corrected chi connectivity index (χ0v) is 18.9. The lowest BCUT2D eigenvalue weighted by atomic mass is 9.86. The molecular weight excluding hydrogens is 382 g/mol. The summed E-state index contributed by atoms with van der Waals surface area (Å²) in [7, 11) is 3.26. The number of hydrogen-bond donors (Lipinski definition) is 1. The number of carbonyl (C=O) groups excluding carboxylic acids is 2. The number of ether oxygens (including phenoxy) is 2. The molecular formula is C23H35N3O4. The van der Waals surface area contributed by atoms with Gasteiger partial charge in [-0.3, -0.25) is 4.79 Å². The molecule has 0 bridgehead atoms. The molecule has 2 unspecified atom stereocenters. The third-order valence-electron chi connectivity index (χ3n) is 5.91. The number of methoxy groups -OCH3 is 2. The number of rotatable bonds is 4. The Morgan fingerprint density at radius 3 is 2.30 bits per heavy atom. The molecule has 2 atom stereocenters. The third kappa shape index (κ3) is 4.99. The largest absolute Gasteiger partial charge is 0.497 e. The number of piperidine rings is 1. The van der Waals surface area contributed by atoms with Gasteiger partial charge in [0.05, 0.1) is 20.1 Å². The van der Waals surface area contributed by atoms with Crippen LogP contribution >= 0.6 is 0 Å². The predicted octanol–water partition coefficient (Wildman–Crippen LogP) is 3.24. The first-order valence-corrected chi connectivity index (χ1v) is 10.8. The van der Waals surface area contributed by atoms with Gasteiger partial charge in [-0.05, 0) is 58.2 Å². The SMILES string of the molecule is COc1ccc(OC)c(C2CN(C(=O)NC(C)(C)C)CC2C(=O)N2CCCCC2)c1. The zero-order chi connectivity index (χ0) is 21.9. The van der Waals surface area contributed by atoms with E-state index >= 15 is 0 Å². The second-order valence-electron chi connectivity index (χ2n) is 9.29. The molecule has 0 spiro atoms. The maximum atomic E-state index is 13.5. The van der Waals surface area contributed by atoms with Gasteiger partial charge in [0.2, 0.25) is 5.91 Å². The lowest BCUT2D eigenvalue weighted by Gasteiger charge is -2.31. The van der Waals surface area contributed by atoms with Crippen LogP contribution < -0.4 is 14.8 Å². The molecule has 7 heteroatoms. The van der Waals surface area contributed by atoms with Gasteiger partial charge in [0.1, 0.15) is 11.5 Å². The van der Waals surface area contributed by atoms with E-state index in [-0.39, 0.29) is 29.3 Å². The van der Waals surface area contributed by atoms with Gasteiger partial charge < -0.3 is 24.6 Å². The monoisotopic (exact) mass is 417 g/mol. The van der Waals surface area contributed by atoms with E-state index in [4.69, 9.17) is 9.47 Å². The minimum absolute atomic E-state index is 0.135. The molecule has 2 saturated heterocycles. The second-order valence-corrected chi connectivity index (χ2v) is 9.29. The lowest BCUT2D eigenvalue weighted by molar-refractivity contribution is -0.136. The first kappa shape index (κ1) is 22.2. The van der Waals surface area contributed by atoms with Crippen molar-refractivity contribution in [1.29, 1.82) is 0 Å². The van der Waals surface area contributed by atoms with Crippen molar-refractivity contribution in [3.05, 3.63) is 23.8 Å². The molecule has 7 nitrogen and oxygen atoms in total. The van der Waals surface area contributed by atoms with Crippen LogP contribution in [-0.4, -0.2) is 67.7 Å². The van der Waals surface area contributed by atoms with Gasteiger partial charge in [0.25, 0.3) is 0 Å². The molecule has 0 saturated carbocycles. The van der Waals surface area contributed by atoms with Crippen LogP contribution in [0.5, 0.6) is 11.5 Å². The number of nitrogens with one attached hydrogen (secondary N) is 1. The van der Waals surface area contributed by atoms with Crippen LogP contribution in [0.4, 0.5) is 4.79 Å². The van der Waals surface area contributed by atoms with Gasteiger partial charge in [-0.15, -0.1) is 0 Å². The van der Waals surface area contributed by atoms with Crippen molar-refractivity contribution < 1.29 is 19.1 Å². The highest BCUT2D eigenvalue weighted by molar-refractivity contribution is 5.83. The fraction of sp³-hybridized carbons (Fsp3) is 0.652. The van der Waals surface area contributed by atoms with E-state index in [9.17, 15) is 9.59 Å². The fourth-order valence-corrected chi connectivity index (χ4v) is 4.41. The Morgan fingerprint density at radius 1 is 1.00 bits per heavy atom. The van der Waals surface area contributed by atoms with Gasteiger partial charge in [-0.25, -0.2) is 4.79 Å². The topological polar surface area (TPSA) is 71.1 Å². The standard InChI is InChI=1S/C23H35N3O4/c1-23(2,3)24-22(28)26-14-18(17-13-16(29-4)9-10-20(17)30-5)19(15-26)21(27)25-11-7-6-8-12-25/h9-10,13,18-19H,6-8,11-12,14-15H2,1-5H3,(H,24,28). The maximum absolute atomic E-state index is 13.5. The van der Waals surface area contributed by atoms with Crippen molar-refractivity contribution in [3.63, 3.8) is 0 Å². The van der Waals surface area contributed by atoms with Crippen LogP contribution in [0.25, 0.3) is 0 Å². The van der Waals surface area contributed by atoms with E-state index in [0.29, 0.717) is 18.8 Å². The molecule has 2 heterocycles. The average Bonchev–Trinajstić information content (AvgIpc) is 3.17. The second kappa shape index (κ2) is 9.14. The molecule has 1 N–H and O–H groups in total. The lowest BCUT2D eigenvalue weighted by Crippen LogP contribution is -2.48. The first-order chi connectivity index (χ1) is 14.2. The first-order valence-electron chi connectivity index (χ1n) is 10.8. The predicted molar refractivity (Wildman–Crippen MR) is 116 cm³/mol. The van der Waals surface area contributed by atoms with Crippen LogP contribution in [-0.2, 0) is 4.79 Å². The zero-order valence-electron chi connectivity index (χ0n) is 18.9. The van der Waals surface area contributed by atoms with Crippen molar-refractivity contribution in [2.45, 2.75) is 51.5 Å². The third-order valence-corrected chi connectivity index (χ3v) is 5.91. The number of hydrogen-bond acceptors (Lipinski definition) is 4. The Kier molecular flexibility index (Phi) is 6.78. The van der Waals surface area contributed by atoms with Crippen molar-refractivity contribution in [2.24, 2.45) is 5.92 Å². The molecule has 30 heavy (non-hydrogen) atoms. The summed E-state index contributed by atoms with van der Waals surface area (Å²) in [6.07, 6.45) is 3.25. The minimum atomic E-state index is -0.338. The molecule has 0 aromatic heterocycles. The van der Waals surface area contributed by atoms with Crippen molar-refractivity contribution in [1.82, 2.24) is 15.1 Å². The Bertz CT molecular complexity index is 768. The Morgan fingerprint density at radius 2 is 1.70 bits per heavy atom. The number of amides is 3. The highest BCUT2D eigenvalue weighted by Gasteiger charge is 2.43. The molecule has 0 radical (unpaired) electrons. The molecule has 1 aromatic carbocycles. The number of benzene rings is 1. The summed E-state index contributed by atoms with van der Waals surface area (Å²) in [4.78, 5) is 30.1. The van der Waals surface area contributed by atoms with Crippen molar-refractivity contribution in [3.8, 4) is 11.5 Å². The van der Waals surface area contributed by atoms with E-state index < -0.39 is 0 Å². The van der Waals surface area contributed by atoms with Crippen molar-refractivity contribution in [2.75, 3.05) is 40.4 Å². The van der Waals surface area contributed by atoms with Gasteiger partial charge in [0, 0.05) is 43.2 Å². The summed E-state index contributed by atoms with van der Waals surface area (Å²) in [5, 5.41) is 3.03. The molecule has 2 fully saturated rings. The van der Waals surface area contributed by atoms with E-state index in [2.05, 4.69) is 5.32 Å². The van der Waals surface area contributed by atoms with E-state index in [0.717, 1.165) is 37.2 Å². The number of urea groups is 1. The summed E-state index contributed by atoms with van der Waals surface area (Å²) in [5.41, 5.74) is 0.577. The summed E-state index contributed by atoms with van der Waals surface area (Å²) in [6, 6.07) is 5.52. The molecule has 0 aliphatic carbocycles. The molecule has 2 aliphatic rings. The molecule has 3 rings (SSSR count). The quantitative estimate of drug-likeness (QED) is 0.816. The van der Waals surface area contributed by atoms with E-state index in [1.165, 1.54) is 6.42 Å². The normalized spacial score (nSPS) is 22.0. The van der Waals surface area contributed by atoms with Crippen LogP contribution in [0.3, 0.4) is 0 Å². The number of likely N-dealkylation sites (tertiary alicyclic amines) is 2. The van der Waals surface area contributed by atoms with Gasteiger partial charge >= 0.3 is 6.03 Å². The van der Waals surface area contributed by atoms with Gasteiger partial charge in [-0.2, -0.15) is 0 Å². The number of nitrogens with zero attached hydrogens (tertiary/aromatic N) is 2. The molecule has 3 amide bonds. The van der Waals surface area contributed by atoms with E-state index in [1.807, 2.05) is 43.9 Å². The highest BCUT2D eigenvalue weighted by Crippen LogP contribution is 2.40. The van der Waals surface area contributed by atoms with Crippen LogP contribution in [0.2, 0.25) is 0 Å². The Hall–Kier alpha value is -2.44. The summed E-state index contributed by atoms with van der Waals surface area (Å²) in [5.74, 6) is 1.13. The molecule has 2 aliphatic heterocycles. The fourth-order valence-electron chi connectivity index (χ4n) is 4.41. The van der Waals surface area contributed by atoms with Crippen molar-refractivity contribution >= 4 is 11.9 Å². The number of carbonyl (C=O) groups is 2. The summed E-state index contributed by atoms with van der Waals surface area (Å²) in [6.45, 7) is 8.34. The summed E-state index contributed by atoms with van der Waals surface area (Å²) < 4.78 is 11.0. The highest BCUT2D eigenvalue weighted by atomic mass is 16.5. The van der Waals surface area contributed by atoms with Gasteiger partial charge in [0.15, 0.2) is 0 Å². The van der Waals surface area contributed by atoms with Crippen LogP contribution in [0, 0.1) is 5.92 Å². The van der Waals surface area contributed by atoms with Crippen LogP contribution in [0.15, 0.2) is 18.2 Å². The maximum Gasteiger partial charge on any atom is 0.317 e. The Labute approximate surface area is 179 Å².